The third-order valence-electron chi connectivity index (χ3n) is 4.60. The Bertz CT molecular complexity index is 819. The average molecular weight is 395 g/mol. The van der Waals surface area contributed by atoms with E-state index in [1.54, 1.807) is 0 Å². The molecule has 0 radical (unpaired) electrons. The summed E-state index contributed by atoms with van der Waals surface area (Å²) in [5.41, 5.74) is -0.139. The Labute approximate surface area is 161 Å². The van der Waals surface area contributed by atoms with Gasteiger partial charge in [0.15, 0.2) is 23.9 Å². The number of hydrogen-bond donors (Lipinski definition) is 1. The minimum atomic E-state index is -1.09. The lowest BCUT2D eigenvalue weighted by Crippen LogP contribution is -2.55. The van der Waals surface area contributed by atoms with Crippen LogP contribution in [0.25, 0.3) is 0 Å². The summed E-state index contributed by atoms with van der Waals surface area (Å²) in [6.45, 7) is 7.27. The monoisotopic (exact) mass is 395 g/mol. The van der Waals surface area contributed by atoms with E-state index in [-0.39, 0.29) is 35.4 Å². The van der Waals surface area contributed by atoms with Gasteiger partial charge in [0.2, 0.25) is 11.7 Å². The molecular formula is C19H23F2N3O4. The first-order valence-electron chi connectivity index (χ1n) is 8.99. The Morgan fingerprint density at radius 1 is 1.32 bits per heavy atom. The molecule has 0 aliphatic carbocycles. The highest BCUT2D eigenvalue weighted by Gasteiger charge is 2.29. The number of hydrogen-bond acceptors (Lipinski definition) is 6. The van der Waals surface area contributed by atoms with E-state index in [1.807, 2.05) is 13.8 Å². The SMILES string of the molecule is CC(C)(CNC(=O)c1coc(COc2cccc(F)c2F)n1)N1CCOCC1. The standard InChI is InChI=1S/C19H23F2N3O4/c1-19(2,24-6-8-26-9-7-24)12-22-18(25)14-10-28-16(23-14)11-27-15-5-3-4-13(20)17(15)21/h3-5,10H,6-9,11-12H2,1-2H3,(H,22,25). The topological polar surface area (TPSA) is 76.8 Å². The van der Waals surface area contributed by atoms with Crippen LogP contribution in [0.15, 0.2) is 28.9 Å². The number of carbonyl (C=O) groups excluding carboxylic acids is 1. The maximum absolute atomic E-state index is 13.6. The highest BCUT2D eigenvalue weighted by molar-refractivity contribution is 5.91. The Balaban J connectivity index is 1.53. The van der Waals surface area contributed by atoms with Gasteiger partial charge in [-0.25, -0.2) is 9.37 Å². The zero-order valence-electron chi connectivity index (χ0n) is 15.8. The van der Waals surface area contributed by atoms with E-state index in [2.05, 4.69) is 15.2 Å². The van der Waals surface area contributed by atoms with Crippen molar-refractivity contribution in [3.8, 4) is 5.75 Å². The number of oxazole rings is 1. The Hall–Kier alpha value is -2.52. The Kier molecular flexibility index (Phi) is 6.25. The molecule has 0 unspecified atom stereocenters. The molecule has 152 valence electrons. The van der Waals surface area contributed by atoms with E-state index >= 15 is 0 Å². The number of amides is 1. The van der Waals surface area contributed by atoms with E-state index in [1.165, 1.54) is 18.4 Å². The van der Waals surface area contributed by atoms with Crippen LogP contribution in [0.3, 0.4) is 0 Å². The molecule has 0 bridgehead atoms. The summed E-state index contributed by atoms with van der Waals surface area (Å²) in [6, 6.07) is 3.62. The second-order valence-electron chi connectivity index (χ2n) is 7.06. The van der Waals surface area contributed by atoms with Crippen molar-refractivity contribution in [1.82, 2.24) is 15.2 Å². The summed E-state index contributed by atoms with van der Waals surface area (Å²) in [7, 11) is 0. The molecule has 0 atom stereocenters. The largest absolute Gasteiger partial charge is 0.481 e. The van der Waals surface area contributed by atoms with Crippen molar-refractivity contribution in [1.29, 1.82) is 0 Å². The molecule has 3 rings (SSSR count). The minimum absolute atomic E-state index is 0.0845. The van der Waals surface area contributed by atoms with Gasteiger partial charge in [-0.2, -0.15) is 4.39 Å². The first-order chi connectivity index (χ1) is 13.4. The van der Waals surface area contributed by atoms with Crippen LogP contribution in [0.4, 0.5) is 8.78 Å². The molecular weight excluding hydrogens is 372 g/mol. The van der Waals surface area contributed by atoms with Crippen molar-refractivity contribution < 1.29 is 27.5 Å². The molecule has 1 aliphatic heterocycles. The number of benzene rings is 1. The zero-order chi connectivity index (χ0) is 20.1. The van der Waals surface area contributed by atoms with Gasteiger partial charge in [0, 0.05) is 25.2 Å². The molecule has 1 N–H and O–H groups in total. The number of nitrogens with zero attached hydrogens (tertiary/aromatic N) is 2. The molecule has 1 aromatic carbocycles. The van der Waals surface area contributed by atoms with Gasteiger partial charge in [-0.3, -0.25) is 9.69 Å². The number of ether oxygens (including phenoxy) is 2. The lowest BCUT2D eigenvalue weighted by Gasteiger charge is -2.40. The predicted molar refractivity (Wildman–Crippen MR) is 96.0 cm³/mol. The van der Waals surface area contributed by atoms with Crippen LogP contribution in [0.1, 0.15) is 30.2 Å². The van der Waals surface area contributed by atoms with Crippen molar-refractivity contribution in [2.45, 2.75) is 26.0 Å². The highest BCUT2D eigenvalue weighted by atomic mass is 19.2. The fourth-order valence-corrected chi connectivity index (χ4v) is 2.88. The summed E-state index contributed by atoms with van der Waals surface area (Å²) in [5, 5.41) is 2.85. The molecule has 1 aromatic heterocycles. The molecule has 0 spiro atoms. The molecule has 1 saturated heterocycles. The van der Waals surface area contributed by atoms with Crippen LogP contribution >= 0.6 is 0 Å². The van der Waals surface area contributed by atoms with Crippen molar-refractivity contribution in [3.05, 3.63) is 47.7 Å². The van der Waals surface area contributed by atoms with Gasteiger partial charge in [-0.05, 0) is 26.0 Å². The van der Waals surface area contributed by atoms with Crippen molar-refractivity contribution in [2.24, 2.45) is 0 Å². The Morgan fingerprint density at radius 2 is 2.07 bits per heavy atom. The highest BCUT2D eigenvalue weighted by Crippen LogP contribution is 2.20. The fraction of sp³-hybridized carbons (Fsp3) is 0.474. The van der Waals surface area contributed by atoms with Crippen LogP contribution in [0, 0.1) is 11.6 Å². The van der Waals surface area contributed by atoms with Crippen molar-refractivity contribution in [3.63, 3.8) is 0 Å². The second kappa shape index (κ2) is 8.66. The van der Waals surface area contributed by atoms with Crippen molar-refractivity contribution >= 4 is 5.91 Å². The lowest BCUT2D eigenvalue weighted by atomic mass is 10.0. The maximum Gasteiger partial charge on any atom is 0.273 e. The first-order valence-corrected chi connectivity index (χ1v) is 8.99. The molecule has 9 heteroatoms. The van der Waals surface area contributed by atoms with Gasteiger partial charge in [0.25, 0.3) is 5.91 Å². The van der Waals surface area contributed by atoms with Gasteiger partial charge >= 0.3 is 0 Å². The summed E-state index contributed by atoms with van der Waals surface area (Å²) in [6.07, 6.45) is 1.21. The average Bonchev–Trinajstić information content (AvgIpc) is 3.17. The van der Waals surface area contributed by atoms with E-state index < -0.39 is 11.6 Å². The number of carbonyl (C=O) groups is 1. The molecule has 2 aromatic rings. The van der Waals surface area contributed by atoms with E-state index in [0.29, 0.717) is 19.8 Å². The van der Waals surface area contributed by atoms with Crippen molar-refractivity contribution in [2.75, 3.05) is 32.8 Å². The molecule has 0 saturated carbocycles. The zero-order valence-corrected chi connectivity index (χ0v) is 15.8. The minimum Gasteiger partial charge on any atom is -0.481 e. The van der Waals surface area contributed by atoms with Gasteiger partial charge in [-0.1, -0.05) is 6.07 Å². The molecule has 2 heterocycles. The maximum atomic E-state index is 13.6. The summed E-state index contributed by atoms with van der Waals surface area (Å²) in [5.74, 6) is -2.64. The van der Waals surface area contributed by atoms with Crippen LogP contribution < -0.4 is 10.1 Å². The fourth-order valence-electron chi connectivity index (χ4n) is 2.88. The predicted octanol–water partition coefficient (Wildman–Crippen LogP) is 2.37. The molecule has 1 aliphatic rings. The van der Waals surface area contributed by atoms with Crippen LogP contribution in [0.5, 0.6) is 5.75 Å². The smallest absolute Gasteiger partial charge is 0.273 e. The summed E-state index contributed by atoms with van der Waals surface area (Å²) >= 11 is 0. The molecule has 1 fully saturated rings. The van der Waals surface area contributed by atoms with Gasteiger partial charge < -0.3 is 19.2 Å². The van der Waals surface area contributed by atoms with E-state index in [9.17, 15) is 13.6 Å². The van der Waals surface area contributed by atoms with Crippen LogP contribution in [-0.2, 0) is 11.3 Å². The second-order valence-corrected chi connectivity index (χ2v) is 7.06. The number of morpholine rings is 1. The van der Waals surface area contributed by atoms with Gasteiger partial charge in [-0.15, -0.1) is 0 Å². The quantitative estimate of drug-likeness (QED) is 0.776. The van der Waals surface area contributed by atoms with Crippen LogP contribution in [0.2, 0.25) is 0 Å². The summed E-state index contributed by atoms with van der Waals surface area (Å²) in [4.78, 5) is 18.6. The first kappa shape index (κ1) is 20.2. The Morgan fingerprint density at radius 3 is 2.82 bits per heavy atom. The van der Waals surface area contributed by atoms with E-state index in [4.69, 9.17) is 13.9 Å². The van der Waals surface area contributed by atoms with E-state index in [0.717, 1.165) is 19.2 Å². The number of rotatable bonds is 7. The molecule has 28 heavy (non-hydrogen) atoms. The summed E-state index contributed by atoms with van der Waals surface area (Å²) < 4.78 is 42.5. The number of halogens is 2. The third-order valence-corrected chi connectivity index (χ3v) is 4.60. The van der Waals surface area contributed by atoms with Crippen LogP contribution in [-0.4, -0.2) is 54.2 Å². The number of nitrogens with one attached hydrogen (secondary N) is 1. The van der Waals surface area contributed by atoms with Gasteiger partial charge in [0.1, 0.15) is 6.26 Å². The number of aromatic nitrogens is 1. The van der Waals surface area contributed by atoms with Gasteiger partial charge in [0.05, 0.1) is 13.2 Å². The molecule has 7 nitrogen and oxygen atoms in total. The normalized spacial score (nSPS) is 15.4. The lowest BCUT2D eigenvalue weighted by molar-refractivity contribution is -0.00924. The third kappa shape index (κ3) is 4.85. The molecule has 1 amide bonds.